The molecule has 2 saturated heterocycles. The van der Waals surface area contributed by atoms with Crippen molar-refractivity contribution in [2.24, 2.45) is 5.92 Å². The molecule has 7 nitrogen and oxygen atoms in total. The first-order valence-electron chi connectivity index (χ1n) is 11.1. The molecule has 0 saturated carbocycles. The van der Waals surface area contributed by atoms with E-state index in [9.17, 15) is 4.79 Å². The highest BCUT2D eigenvalue weighted by Crippen LogP contribution is 2.23. The second kappa shape index (κ2) is 9.51. The first-order valence-corrected chi connectivity index (χ1v) is 11.1. The summed E-state index contributed by atoms with van der Waals surface area (Å²) in [4.78, 5) is 33.5. The fourth-order valence-corrected chi connectivity index (χ4v) is 4.48. The van der Waals surface area contributed by atoms with Crippen LogP contribution in [-0.2, 0) is 11.2 Å². The van der Waals surface area contributed by atoms with E-state index in [0.29, 0.717) is 5.91 Å². The molecule has 7 heteroatoms. The lowest BCUT2D eigenvalue weighted by atomic mass is 9.96. The molecule has 2 fully saturated rings. The van der Waals surface area contributed by atoms with E-state index in [-0.39, 0.29) is 5.92 Å². The average Bonchev–Trinajstić information content (AvgIpc) is 2.78. The van der Waals surface area contributed by atoms with Crippen LogP contribution in [0.3, 0.4) is 0 Å². The van der Waals surface area contributed by atoms with Crippen LogP contribution in [0.1, 0.15) is 29.9 Å². The molecule has 0 aliphatic carbocycles. The molecular weight excluding hydrogens is 376 g/mol. The SMILES string of the molecule is Cc1cc(C)nc(N2CCC[C@@H](C(=O)N3CCN(CCc4ccccn4)CC3)C2)n1. The third-order valence-electron chi connectivity index (χ3n) is 6.12. The van der Waals surface area contributed by atoms with Gasteiger partial charge in [-0.15, -0.1) is 0 Å². The number of aromatic nitrogens is 3. The average molecular weight is 409 g/mol. The Balaban J connectivity index is 1.28. The van der Waals surface area contributed by atoms with E-state index in [1.807, 2.05) is 38.2 Å². The maximum Gasteiger partial charge on any atom is 0.227 e. The maximum atomic E-state index is 13.2. The Labute approximate surface area is 179 Å². The summed E-state index contributed by atoms with van der Waals surface area (Å²) in [6.07, 6.45) is 4.78. The third kappa shape index (κ3) is 5.14. The van der Waals surface area contributed by atoms with Gasteiger partial charge in [0.05, 0.1) is 5.92 Å². The van der Waals surface area contributed by atoms with E-state index in [4.69, 9.17) is 0 Å². The Morgan fingerprint density at radius 3 is 2.53 bits per heavy atom. The molecule has 2 aliphatic heterocycles. The van der Waals surface area contributed by atoms with E-state index < -0.39 is 0 Å². The van der Waals surface area contributed by atoms with Gasteiger partial charge in [-0.3, -0.25) is 14.7 Å². The molecule has 2 aromatic heterocycles. The first-order chi connectivity index (χ1) is 14.6. The zero-order valence-corrected chi connectivity index (χ0v) is 18.1. The van der Waals surface area contributed by atoms with Crippen LogP contribution >= 0.6 is 0 Å². The van der Waals surface area contributed by atoms with Crippen LogP contribution in [0.25, 0.3) is 0 Å². The summed E-state index contributed by atoms with van der Waals surface area (Å²) in [5.74, 6) is 1.11. The molecule has 4 heterocycles. The molecule has 2 aromatic rings. The smallest absolute Gasteiger partial charge is 0.227 e. The molecule has 0 bridgehead atoms. The zero-order valence-electron chi connectivity index (χ0n) is 18.1. The highest BCUT2D eigenvalue weighted by molar-refractivity contribution is 5.79. The van der Waals surface area contributed by atoms with Gasteiger partial charge in [-0.2, -0.15) is 0 Å². The fourth-order valence-electron chi connectivity index (χ4n) is 4.48. The Morgan fingerprint density at radius 2 is 1.83 bits per heavy atom. The lowest BCUT2D eigenvalue weighted by Gasteiger charge is -2.39. The maximum absolute atomic E-state index is 13.2. The van der Waals surface area contributed by atoms with E-state index in [2.05, 4.69) is 35.7 Å². The summed E-state index contributed by atoms with van der Waals surface area (Å²) in [7, 11) is 0. The van der Waals surface area contributed by atoms with Crippen LogP contribution < -0.4 is 4.90 Å². The van der Waals surface area contributed by atoms with Gasteiger partial charge in [0.15, 0.2) is 0 Å². The molecule has 0 N–H and O–H groups in total. The van der Waals surface area contributed by atoms with Gasteiger partial charge in [0.2, 0.25) is 11.9 Å². The van der Waals surface area contributed by atoms with Gasteiger partial charge >= 0.3 is 0 Å². The summed E-state index contributed by atoms with van der Waals surface area (Å²) in [5.41, 5.74) is 3.09. The van der Waals surface area contributed by atoms with Crippen molar-refractivity contribution in [2.45, 2.75) is 33.1 Å². The Bertz CT molecular complexity index is 830. The number of rotatable bonds is 5. The van der Waals surface area contributed by atoms with Crippen molar-refractivity contribution in [3.8, 4) is 0 Å². The lowest BCUT2D eigenvalue weighted by molar-refractivity contribution is -0.137. The number of nitrogens with zero attached hydrogens (tertiary/aromatic N) is 6. The minimum absolute atomic E-state index is 0.0447. The second-order valence-corrected chi connectivity index (χ2v) is 8.47. The van der Waals surface area contributed by atoms with Gasteiger partial charge in [-0.05, 0) is 44.9 Å². The zero-order chi connectivity index (χ0) is 20.9. The molecule has 1 amide bonds. The van der Waals surface area contributed by atoms with Crippen molar-refractivity contribution >= 4 is 11.9 Å². The second-order valence-electron chi connectivity index (χ2n) is 8.47. The Hall–Kier alpha value is -2.54. The van der Waals surface area contributed by atoms with Crippen LogP contribution in [0.4, 0.5) is 5.95 Å². The quantitative estimate of drug-likeness (QED) is 0.755. The summed E-state index contributed by atoms with van der Waals surface area (Å²) in [6, 6.07) is 8.06. The van der Waals surface area contributed by atoms with Gasteiger partial charge in [0.1, 0.15) is 0 Å². The predicted octanol–water partition coefficient (Wildman–Crippen LogP) is 2.09. The van der Waals surface area contributed by atoms with Gasteiger partial charge in [0, 0.05) is 75.5 Å². The van der Waals surface area contributed by atoms with Crippen molar-refractivity contribution in [3.63, 3.8) is 0 Å². The Kier molecular flexibility index (Phi) is 6.57. The van der Waals surface area contributed by atoms with Crippen molar-refractivity contribution in [1.82, 2.24) is 24.8 Å². The molecular formula is C23H32N6O. The van der Waals surface area contributed by atoms with Crippen molar-refractivity contribution in [3.05, 3.63) is 47.5 Å². The number of carbonyl (C=O) groups excluding carboxylic acids is 1. The monoisotopic (exact) mass is 408 g/mol. The molecule has 1 atom stereocenters. The van der Waals surface area contributed by atoms with Crippen molar-refractivity contribution in [1.29, 1.82) is 0 Å². The minimum atomic E-state index is 0.0447. The number of pyridine rings is 1. The molecule has 0 spiro atoms. The van der Waals surface area contributed by atoms with Crippen molar-refractivity contribution < 1.29 is 4.79 Å². The summed E-state index contributed by atoms with van der Waals surface area (Å²) in [5, 5.41) is 0. The molecule has 0 unspecified atom stereocenters. The predicted molar refractivity (Wildman–Crippen MR) is 117 cm³/mol. The fraction of sp³-hybridized carbons (Fsp3) is 0.565. The van der Waals surface area contributed by atoms with Gasteiger partial charge in [-0.25, -0.2) is 9.97 Å². The van der Waals surface area contributed by atoms with Gasteiger partial charge in [0.25, 0.3) is 0 Å². The molecule has 0 radical (unpaired) electrons. The number of aryl methyl sites for hydroxylation is 2. The standard InChI is InChI=1S/C23H32N6O/c1-18-16-19(2)26-23(25-18)29-10-5-6-20(17-29)22(30)28-14-12-27(13-15-28)11-8-21-7-3-4-9-24-21/h3-4,7,9,16,20H,5-6,8,10-15,17H2,1-2H3/t20-/m1/s1. The number of piperazine rings is 1. The summed E-state index contributed by atoms with van der Waals surface area (Å²) >= 11 is 0. The Morgan fingerprint density at radius 1 is 1.07 bits per heavy atom. The third-order valence-corrected chi connectivity index (χ3v) is 6.12. The van der Waals surface area contributed by atoms with Crippen LogP contribution in [0.2, 0.25) is 0 Å². The normalized spacial score (nSPS) is 20.4. The number of hydrogen-bond donors (Lipinski definition) is 0. The number of carbonyl (C=O) groups is 1. The number of piperidine rings is 1. The molecule has 160 valence electrons. The molecule has 2 aliphatic rings. The number of amides is 1. The van der Waals surface area contributed by atoms with E-state index in [1.54, 1.807) is 0 Å². The van der Waals surface area contributed by atoms with Crippen LogP contribution in [0.5, 0.6) is 0 Å². The van der Waals surface area contributed by atoms with Gasteiger partial charge < -0.3 is 9.80 Å². The van der Waals surface area contributed by atoms with Gasteiger partial charge in [-0.1, -0.05) is 6.07 Å². The van der Waals surface area contributed by atoms with Crippen LogP contribution in [0.15, 0.2) is 30.5 Å². The molecule has 0 aromatic carbocycles. The van der Waals surface area contributed by atoms with E-state index in [0.717, 1.165) is 88.1 Å². The van der Waals surface area contributed by atoms with Crippen LogP contribution in [-0.4, -0.2) is 76.5 Å². The van der Waals surface area contributed by atoms with Crippen molar-refractivity contribution in [2.75, 3.05) is 50.7 Å². The molecule has 4 rings (SSSR count). The largest absolute Gasteiger partial charge is 0.340 e. The first kappa shape index (κ1) is 20.7. The highest BCUT2D eigenvalue weighted by Gasteiger charge is 2.31. The lowest BCUT2D eigenvalue weighted by Crippen LogP contribution is -2.53. The molecule has 30 heavy (non-hydrogen) atoms. The van der Waals surface area contributed by atoms with Crippen LogP contribution in [0, 0.1) is 19.8 Å². The number of anilines is 1. The van der Waals surface area contributed by atoms with E-state index in [1.165, 1.54) is 0 Å². The van der Waals surface area contributed by atoms with E-state index >= 15 is 0 Å². The minimum Gasteiger partial charge on any atom is -0.340 e. The number of hydrogen-bond acceptors (Lipinski definition) is 6. The summed E-state index contributed by atoms with van der Waals surface area (Å²) in [6.45, 7) is 10.2. The summed E-state index contributed by atoms with van der Waals surface area (Å²) < 4.78 is 0. The highest BCUT2D eigenvalue weighted by atomic mass is 16.2. The topological polar surface area (TPSA) is 65.5 Å².